The SMILES string of the molecule is CCc1cc(CC)n2nc(S(C)(=O)=O)nc2n1. The summed E-state index contributed by atoms with van der Waals surface area (Å²) < 4.78 is 24.3. The second-order valence-corrected chi connectivity index (χ2v) is 5.73. The van der Waals surface area contributed by atoms with Gasteiger partial charge in [-0.25, -0.2) is 17.9 Å². The zero-order valence-electron chi connectivity index (χ0n) is 10.0. The van der Waals surface area contributed by atoms with Gasteiger partial charge >= 0.3 is 0 Å². The molecule has 0 spiro atoms. The van der Waals surface area contributed by atoms with Gasteiger partial charge < -0.3 is 0 Å². The second-order valence-electron chi connectivity index (χ2n) is 3.82. The van der Waals surface area contributed by atoms with E-state index in [0.29, 0.717) is 5.78 Å². The Balaban J connectivity index is 2.76. The summed E-state index contributed by atoms with van der Waals surface area (Å²) in [6, 6.07) is 1.92. The van der Waals surface area contributed by atoms with Crippen molar-refractivity contribution in [2.24, 2.45) is 0 Å². The molecule has 0 aromatic carbocycles. The number of aryl methyl sites for hydroxylation is 2. The Labute approximate surface area is 99.6 Å². The average Bonchev–Trinajstić information content (AvgIpc) is 2.70. The normalized spacial score (nSPS) is 12.2. The lowest BCUT2D eigenvalue weighted by atomic mass is 10.2. The van der Waals surface area contributed by atoms with Gasteiger partial charge in [0.05, 0.1) is 0 Å². The third kappa shape index (κ3) is 2.14. The van der Waals surface area contributed by atoms with Crippen molar-refractivity contribution in [3.8, 4) is 0 Å². The van der Waals surface area contributed by atoms with Gasteiger partial charge in [0, 0.05) is 17.6 Å². The number of hydrogen-bond acceptors (Lipinski definition) is 5. The smallest absolute Gasteiger partial charge is 0.221 e. The minimum Gasteiger partial charge on any atom is -0.221 e. The standard InChI is InChI=1S/C10H14N4O2S/c1-4-7-6-8(5-2)14-9(11-7)12-10(13-14)17(3,15)16/h6H,4-5H2,1-3H3. The maximum Gasteiger partial charge on any atom is 0.268 e. The van der Waals surface area contributed by atoms with E-state index in [1.807, 2.05) is 19.9 Å². The highest BCUT2D eigenvalue weighted by Gasteiger charge is 2.17. The molecule has 92 valence electrons. The lowest BCUT2D eigenvalue weighted by Gasteiger charge is -2.02. The number of aromatic nitrogens is 4. The Morgan fingerprint density at radius 2 is 1.94 bits per heavy atom. The minimum atomic E-state index is -3.39. The lowest BCUT2D eigenvalue weighted by molar-refractivity contribution is 0.592. The fourth-order valence-corrected chi connectivity index (χ4v) is 2.03. The lowest BCUT2D eigenvalue weighted by Crippen LogP contribution is -2.03. The molecule has 0 aliphatic carbocycles. The van der Waals surface area contributed by atoms with Crippen molar-refractivity contribution in [1.82, 2.24) is 19.6 Å². The molecule has 2 rings (SSSR count). The molecule has 0 radical (unpaired) electrons. The monoisotopic (exact) mass is 254 g/mol. The highest BCUT2D eigenvalue weighted by atomic mass is 32.2. The number of sulfone groups is 1. The molecule has 0 unspecified atom stereocenters. The van der Waals surface area contributed by atoms with Gasteiger partial charge in [0.25, 0.3) is 10.9 Å². The molecule has 0 fully saturated rings. The predicted molar refractivity (Wildman–Crippen MR) is 62.6 cm³/mol. The Hall–Kier alpha value is -1.50. The number of fused-ring (bicyclic) bond motifs is 1. The van der Waals surface area contributed by atoms with Crippen molar-refractivity contribution in [3.05, 3.63) is 17.5 Å². The minimum absolute atomic E-state index is 0.173. The van der Waals surface area contributed by atoms with Crippen LogP contribution in [-0.4, -0.2) is 34.3 Å². The van der Waals surface area contributed by atoms with Crippen molar-refractivity contribution in [2.75, 3.05) is 6.26 Å². The third-order valence-electron chi connectivity index (χ3n) is 2.48. The van der Waals surface area contributed by atoms with E-state index in [1.165, 1.54) is 4.52 Å². The Bertz CT molecular complexity index is 660. The van der Waals surface area contributed by atoms with Gasteiger partial charge in [0.2, 0.25) is 9.84 Å². The van der Waals surface area contributed by atoms with Gasteiger partial charge in [0.15, 0.2) is 0 Å². The average molecular weight is 254 g/mol. The quantitative estimate of drug-likeness (QED) is 0.803. The first-order valence-corrected chi connectivity index (χ1v) is 7.30. The summed E-state index contributed by atoms with van der Waals surface area (Å²) in [5.74, 6) is 0.349. The molecule has 0 aliphatic rings. The summed E-state index contributed by atoms with van der Waals surface area (Å²) in [5.41, 5.74) is 1.80. The van der Waals surface area contributed by atoms with E-state index in [0.717, 1.165) is 30.5 Å². The number of rotatable bonds is 3. The van der Waals surface area contributed by atoms with Crippen LogP contribution in [0.4, 0.5) is 0 Å². The Morgan fingerprint density at radius 1 is 1.24 bits per heavy atom. The largest absolute Gasteiger partial charge is 0.268 e. The molecule has 0 aliphatic heterocycles. The van der Waals surface area contributed by atoms with E-state index in [-0.39, 0.29) is 5.16 Å². The molecule has 0 atom stereocenters. The van der Waals surface area contributed by atoms with Gasteiger partial charge in [-0.2, -0.15) is 4.98 Å². The fourth-order valence-electron chi connectivity index (χ4n) is 1.55. The first-order valence-electron chi connectivity index (χ1n) is 5.41. The molecule has 2 heterocycles. The summed E-state index contributed by atoms with van der Waals surface area (Å²) in [4.78, 5) is 8.22. The molecule has 0 saturated heterocycles. The molecule has 2 aromatic heterocycles. The maximum atomic E-state index is 11.4. The van der Waals surface area contributed by atoms with Crippen LogP contribution in [0.5, 0.6) is 0 Å². The second kappa shape index (κ2) is 4.06. The van der Waals surface area contributed by atoms with Crippen LogP contribution in [-0.2, 0) is 22.7 Å². The van der Waals surface area contributed by atoms with Gasteiger partial charge in [0.1, 0.15) is 0 Å². The first kappa shape index (κ1) is 12.0. The van der Waals surface area contributed by atoms with E-state index >= 15 is 0 Å². The third-order valence-corrected chi connectivity index (χ3v) is 3.31. The Morgan fingerprint density at radius 3 is 2.47 bits per heavy atom. The van der Waals surface area contributed by atoms with Crippen molar-refractivity contribution < 1.29 is 8.42 Å². The summed E-state index contributed by atoms with van der Waals surface area (Å²) in [7, 11) is -3.39. The molecule has 0 N–H and O–H groups in total. The van der Waals surface area contributed by atoms with Gasteiger partial charge in [-0.3, -0.25) is 0 Å². The van der Waals surface area contributed by atoms with Crippen LogP contribution in [0.25, 0.3) is 5.78 Å². The van der Waals surface area contributed by atoms with Crippen molar-refractivity contribution >= 4 is 15.6 Å². The molecule has 17 heavy (non-hydrogen) atoms. The number of nitrogens with zero attached hydrogens (tertiary/aromatic N) is 4. The Kier molecular flexibility index (Phi) is 2.86. The molecule has 0 saturated carbocycles. The fraction of sp³-hybridized carbons (Fsp3) is 0.500. The van der Waals surface area contributed by atoms with E-state index < -0.39 is 9.84 Å². The summed E-state index contributed by atoms with van der Waals surface area (Å²) >= 11 is 0. The molecule has 2 aromatic rings. The van der Waals surface area contributed by atoms with Crippen LogP contribution in [0.1, 0.15) is 25.2 Å². The van der Waals surface area contributed by atoms with Crippen LogP contribution in [0.15, 0.2) is 11.2 Å². The highest BCUT2D eigenvalue weighted by Crippen LogP contribution is 2.10. The molecule has 6 nitrogen and oxygen atoms in total. The van der Waals surface area contributed by atoms with Gasteiger partial charge in [-0.15, -0.1) is 5.10 Å². The van der Waals surface area contributed by atoms with Gasteiger partial charge in [-0.1, -0.05) is 13.8 Å². The first-order chi connectivity index (χ1) is 7.95. The topological polar surface area (TPSA) is 77.2 Å². The number of hydrogen-bond donors (Lipinski definition) is 0. The van der Waals surface area contributed by atoms with Gasteiger partial charge in [-0.05, 0) is 18.9 Å². The highest BCUT2D eigenvalue weighted by molar-refractivity contribution is 7.90. The molecular formula is C10H14N4O2S. The summed E-state index contributed by atoms with van der Waals surface area (Å²) in [6.07, 6.45) is 2.62. The predicted octanol–water partition coefficient (Wildman–Crippen LogP) is 0.653. The molecule has 7 heteroatoms. The van der Waals surface area contributed by atoms with Crippen molar-refractivity contribution in [3.63, 3.8) is 0 Å². The summed E-state index contributed by atoms with van der Waals surface area (Å²) in [6.45, 7) is 3.97. The maximum absolute atomic E-state index is 11.4. The molecular weight excluding hydrogens is 240 g/mol. The van der Waals surface area contributed by atoms with Crippen LogP contribution < -0.4 is 0 Å². The van der Waals surface area contributed by atoms with Crippen molar-refractivity contribution in [1.29, 1.82) is 0 Å². The summed E-state index contributed by atoms with van der Waals surface area (Å²) in [5, 5.41) is 3.81. The van der Waals surface area contributed by atoms with E-state index in [1.54, 1.807) is 0 Å². The van der Waals surface area contributed by atoms with E-state index in [4.69, 9.17) is 0 Å². The van der Waals surface area contributed by atoms with Crippen LogP contribution in [0.3, 0.4) is 0 Å². The zero-order valence-corrected chi connectivity index (χ0v) is 10.8. The molecule has 0 bridgehead atoms. The molecule has 0 amide bonds. The van der Waals surface area contributed by atoms with Crippen molar-refractivity contribution in [2.45, 2.75) is 31.8 Å². The van der Waals surface area contributed by atoms with E-state index in [2.05, 4.69) is 15.1 Å². The van der Waals surface area contributed by atoms with Crippen LogP contribution in [0.2, 0.25) is 0 Å². The van der Waals surface area contributed by atoms with Crippen LogP contribution in [0, 0.1) is 0 Å². The zero-order chi connectivity index (χ0) is 12.6. The van der Waals surface area contributed by atoms with E-state index in [9.17, 15) is 8.42 Å². The van der Waals surface area contributed by atoms with Crippen LogP contribution >= 0.6 is 0 Å².